The highest BCUT2D eigenvalue weighted by Crippen LogP contribution is 2.19. The van der Waals surface area contributed by atoms with Crippen LogP contribution in [0.1, 0.15) is 29.9 Å². The number of carbonyl (C=O) groups excluding carboxylic acids is 2. The van der Waals surface area contributed by atoms with Gasteiger partial charge in [0, 0.05) is 19.2 Å². The van der Waals surface area contributed by atoms with Crippen molar-refractivity contribution < 1.29 is 9.59 Å². The molecule has 0 unspecified atom stereocenters. The number of rotatable bonds is 4. The van der Waals surface area contributed by atoms with E-state index in [2.05, 4.69) is 15.7 Å². The average molecular weight is 300 g/mol. The topological polar surface area (TPSA) is 76.0 Å². The third kappa shape index (κ3) is 3.52. The van der Waals surface area contributed by atoms with Crippen LogP contribution in [0.15, 0.2) is 30.5 Å². The maximum atomic E-state index is 12.4. The van der Waals surface area contributed by atoms with Crippen molar-refractivity contribution in [2.45, 2.75) is 20.8 Å². The van der Waals surface area contributed by atoms with Gasteiger partial charge in [-0.2, -0.15) is 5.10 Å². The Morgan fingerprint density at radius 3 is 2.41 bits per heavy atom. The fraction of sp³-hybridized carbons (Fsp3) is 0.312. The van der Waals surface area contributed by atoms with Crippen LogP contribution in [0.25, 0.3) is 0 Å². The first kappa shape index (κ1) is 15.8. The second kappa shape index (κ2) is 6.43. The van der Waals surface area contributed by atoms with Crippen molar-refractivity contribution >= 4 is 23.2 Å². The van der Waals surface area contributed by atoms with Gasteiger partial charge in [-0.05, 0) is 19.1 Å². The van der Waals surface area contributed by atoms with E-state index < -0.39 is 0 Å². The number of nitrogens with zero attached hydrogens (tertiary/aromatic N) is 2. The molecular weight excluding hydrogens is 280 g/mol. The molecule has 2 rings (SSSR count). The Labute approximate surface area is 129 Å². The molecular formula is C16H20N4O2. The second-order valence-corrected chi connectivity index (χ2v) is 5.45. The van der Waals surface area contributed by atoms with E-state index in [9.17, 15) is 9.59 Å². The molecule has 0 aliphatic rings. The Hall–Kier alpha value is -2.63. The van der Waals surface area contributed by atoms with E-state index in [1.54, 1.807) is 56.0 Å². The number of amides is 2. The molecule has 2 amide bonds. The summed E-state index contributed by atoms with van der Waals surface area (Å²) in [6, 6.07) is 6.93. The summed E-state index contributed by atoms with van der Waals surface area (Å²) in [5.74, 6) is -0.565. The van der Waals surface area contributed by atoms with Gasteiger partial charge in [-0.15, -0.1) is 0 Å². The van der Waals surface area contributed by atoms with E-state index in [1.807, 2.05) is 6.92 Å². The molecule has 2 aromatic rings. The number of hydrogen-bond donors (Lipinski definition) is 2. The van der Waals surface area contributed by atoms with Crippen LogP contribution in [0.4, 0.5) is 11.4 Å². The second-order valence-electron chi connectivity index (χ2n) is 5.45. The third-order valence-corrected chi connectivity index (χ3v) is 3.22. The van der Waals surface area contributed by atoms with Crippen molar-refractivity contribution in [1.82, 2.24) is 9.78 Å². The highest BCUT2D eigenvalue weighted by atomic mass is 16.2. The fourth-order valence-corrected chi connectivity index (χ4v) is 1.98. The van der Waals surface area contributed by atoms with Crippen molar-refractivity contribution in [2.75, 3.05) is 10.6 Å². The number of benzene rings is 1. The van der Waals surface area contributed by atoms with Gasteiger partial charge in [0.2, 0.25) is 5.91 Å². The van der Waals surface area contributed by atoms with Crippen LogP contribution < -0.4 is 10.6 Å². The zero-order valence-electron chi connectivity index (χ0n) is 13.2. The Morgan fingerprint density at radius 2 is 1.82 bits per heavy atom. The molecule has 6 nitrogen and oxygen atoms in total. The maximum absolute atomic E-state index is 12.4. The van der Waals surface area contributed by atoms with E-state index in [4.69, 9.17) is 0 Å². The molecule has 0 fully saturated rings. The van der Waals surface area contributed by atoms with Crippen LogP contribution in [0, 0.1) is 12.8 Å². The van der Waals surface area contributed by atoms with E-state index in [0.29, 0.717) is 16.9 Å². The SMILES string of the molecule is Cc1nn(C)cc1NC(=O)c1ccccc1NC(=O)C(C)C. The molecule has 1 aromatic carbocycles. The monoisotopic (exact) mass is 300 g/mol. The van der Waals surface area contributed by atoms with E-state index in [-0.39, 0.29) is 17.7 Å². The number of aryl methyl sites for hydroxylation is 2. The van der Waals surface area contributed by atoms with Crippen molar-refractivity contribution in [1.29, 1.82) is 0 Å². The van der Waals surface area contributed by atoms with Gasteiger partial charge in [0.15, 0.2) is 0 Å². The lowest BCUT2D eigenvalue weighted by atomic mass is 10.1. The van der Waals surface area contributed by atoms with E-state index in [0.717, 1.165) is 5.69 Å². The standard InChI is InChI=1S/C16H20N4O2/c1-10(2)15(21)17-13-8-6-5-7-12(13)16(22)18-14-9-20(4)19-11(14)3/h5-10H,1-4H3,(H,17,21)(H,18,22). The first-order valence-corrected chi connectivity index (χ1v) is 7.10. The summed E-state index contributed by atoms with van der Waals surface area (Å²) < 4.78 is 1.64. The predicted octanol–water partition coefficient (Wildman–Crippen LogP) is 2.58. The summed E-state index contributed by atoms with van der Waals surface area (Å²) in [5, 5.41) is 9.78. The first-order valence-electron chi connectivity index (χ1n) is 7.10. The van der Waals surface area contributed by atoms with Crippen LogP contribution in [0.3, 0.4) is 0 Å². The smallest absolute Gasteiger partial charge is 0.257 e. The van der Waals surface area contributed by atoms with Gasteiger partial charge in [0.05, 0.1) is 22.6 Å². The normalized spacial score (nSPS) is 10.6. The Bertz CT molecular complexity index is 704. The first-order chi connectivity index (χ1) is 10.4. The molecule has 0 saturated carbocycles. The minimum Gasteiger partial charge on any atom is -0.325 e. The van der Waals surface area contributed by atoms with Crippen LogP contribution in [0.2, 0.25) is 0 Å². The number of aromatic nitrogens is 2. The van der Waals surface area contributed by atoms with E-state index in [1.165, 1.54) is 0 Å². The van der Waals surface area contributed by atoms with Crippen molar-refractivity contribution in [2.24, 2.45) is 13.0 Å². The molecule has 6 heteroatoms. The molecule has 0 aliphatic heterocycles. The molecule has 0 aliphatic carbocycles. The van der Waals surface area contributed by atoms with Crippen molar-refractivity contribution in [3.05, 3.63) is 41.7 Å². The molecule has 1 aromatic heterocycles. The summed E-state index contributed by atoms with van der Waals surface area (Å²) in [6.45, 7) is 5.43. The highest BCUT2D eigenvalue weighted by molar-refractivity contribution is 6.10. The lowest BCUT2D eigenvalue weighted by molar-refractivity contribution is -0.118. The summed E-state index contributed by atoms with van der Waals surface area (Å²) in [6.07, 6.45) is 1.74. The molecule has 0 radical (unpaired) electrons. The van der Waals surface area contributed by atoms with Crippen molar-refractivity contribution in [3.8, 4) is 0 Å². The van der Waals surface area contributed by atoms with Crippen LogP contribution >= 0.6 is 0 Å². The van der Waals surface area contributed by atoms with Crippen LogP contribution in [0.5, 0.6) is 0 Å². The lowest BCUT2D eigenvalue weighted by Gasteiger charge is -2.12. The van der Waals surface area contributed by atoms with Gasteiger partial charge in [0.25, 0.3) is 5.91 Å². The molecule has 116 valence electrons. The fourth-order valence-electron chi connectivity index (χ4n) is 1.98. The summed E-state index contributed by atoms with van der Waals surface area (Å²) >= 11 is 0. The summed E-state index contributed by atoms with van der Waals surface area (Å²) in [4.78, 5) is 24.3. The van der Waals surface area contributed by atoms with E-state index >= 15 is 0 Å². The Morgan fingerprint density at radius 1 is 1.14 bits per heavy atom. The quantitative estimate of drug-likeness (QED) is 0.911. The summed E-state index contributed by atoms with van der Waals surface area (Å²) in [5.41, 5.74) is 2.30. The van der Waals surface area contributed by atoms with Crippen LogP contribution in [-0.2, 0) is 11.8 Å². The van der Waals surface area contributed by atoms with Gasteiger partial charge < -0.3 is 10.6 Å². The Balaban J connectivity index is 2.23. The predicted molar refractivity (Wildman–Crippen MR) is 85.8 cm³/mol. The zero-order valence-corrected chi connectivity index (χ0v) is 13.2. The highest BCUT2D eigenvalue weighted by Gasteiger charge is 2.16. The maximum Gasteiger partial charge on any atom is 0.257 e. The number of anilines is 2. The van der Waals surface area contributed by atoms with Crippen molar-refractivity contribution in [3.63, 3.8) is 0 Å². The van der Waals surface area contributed by atoms with Gasteiger partial charge in [-0.3, -0.25) is 14.3 Å². The van der Waals surface area contributed by atoms with Crippen LogP contribution in [-0.4, -0.2) is 21.6 Å². The minimum absolute atomic E-state index is 0.127. The summed E-state index contributed by atoms with van der Waals surface area (Å²) in [7, 11) is 1.79. The minimum atomic E-state index is -0.282. The van der Waals surface area contributed by atoms with Gasteiger partial charge in [0.1, 0.15) is 0 Å². The molecule has 0 atom stereocenters. The third-order valence-electron chi connectivity index (χ3n) is 3.22. The van der Waals surface area contributed by atoms with Gasteiger partial charge in [-0.25, -0.2) is 0 Å². The molecule has 0 spiro atoms. The molecule has 0 saturated heterocycles. The number of hydrogen-bond acceptors (Lipinski definition) is 3. The number of nitrogens with one attached hydrogen (secondary N) is 2. The largest absolute Gasteiger partial charge is 0.325 e. The molecule has 22 heavy (non-hydrogen) atoms. The number of para-hydroxylation sites is 1. The molecule has 0 bridgehead atoms. The molecule has 1 heterocycles. The number of carbonyl (C=O) groups is 2. The average Bonchev–Trinajstić information content (AvgIpc) is 2.77. The van der Waals surface area contributed by atoms with Gasteiger partial charge >= 0.3 is 0 Å². The Kier molecular flexibility index (Phi) is 4.60. The molecule has 2 N–H and O–H groups in total. The zero-order chi connectivity index (χ0) is 16.3. The lowest BCUT2D eigenvalue weighted by Crippen LogP contribution is -2.21. The van der Waals surface area contributed by atoms with Gasteiger partial charge in [-0.1, -0.05) is 26.0 Å².